The van der Waals surface area contributed by atoms with Gasteiger partial charge in [0.1, 0.15) is 0 Å². The second-order valence-electron chi connectivity index (χ2n) is 4.53. The SMILES string of the molecule is CCCN(C(=O)[C@H](N)C(C)C)C1CC1. The standard InChI is InChI=1S/C11H22N2O/c1-4-7-13(9-5-6-9)11(14)10(12)8(2)3/h8-10H,4-7,12H2,1-3H3/t10-/m1/s1. The molecule has 3 heteroatoms. The molecule has 1 fully saturated rings. The Bertz CT molecular complexity index is 199. The third kappa shape index (κ3) is 2.71. The van der Waals surface area contributed by atoms with Gasteiger partial charge in [-0.1, -0.05) is 20.8 Å². The summed E-state index contributed by atoms with van der Waals surface area (Å²) in [5.74, 6) is 0.380. The van der Waals surface area contributed by atoms with Gasteiger partial charge in [0.2, 0.25) is 5.91 Å². The molecule has 0 radical (unpaired) electrons. The Morgan fingerprint density at radius 3 is 2.43 bits per heavy atom. The molecule has 0 saturated heterocycles. The molecule has 1 saturated carbocycles. The van der Waals surface area contributed by atoms with Gasteiger partial charge in [-0.2, -0.15) is 0 Å². The van der Waals surface area contributed by atoms with E-state index >= 15 is 0 Å². The summed E-state index contributed by atoms with van der Waals surface area (Å²) in [6.07, 6.45) is 3.35. The van der Waals surface area contributed by atoms with Crippen LogP contribution in [-0.4, -0.2) is 29.4 Å². The molecule has 1 atom stereocenters. The molecule has 0 aromatic heterocycles. The Balaban J connectivity index is 2.53. The Morgan fingerprint density at radius 2 is 2.07 bits per heavy atom. The van der Waals surface area contributed by atoms with E-state index < -0.39 is 0 Å². The highest BCUT2D eigenvalue weighted by Crippen LogP contribution is 2.27. The summed E-state index contributed by atoms with van der Waals surface area (Å²) >= 11 is 0. The topological polar surface area (TPSA) is 46.3 Å². The van der Waals surface area contributed by atoms with Crippen LogP contribution in [0, 0.1) is 5.92 Å². The number of carbonyl (C=O) groups excluding carboxylic acids is 1. The van der Waals surface area contributed by atoms with E-state index in [2.05, 4.69) is 6.92 Å². The van der Waals surface area contributed by atoms with Gasteiger partial charge in [0, 0.05) is 12.6 Å². The van der Waals surface area contributed by atoms with E-state index in [1.165, 1.54) is 0 Å². The average molecular weight is 198 g/mol. The lowest BCUT2D eigenvalue weighted by Gasteiger charge is -2.26. The number of hydrogen-bond donors (Lipinski definition) is 1. The smallest absolute Gasteiger partial charge is 0.239 e. The highest BCUT2D eigenvalue weighted by Gasteiger charge is 2.34. The summed E-state index contributed by atoms with van der Waals surface area (Å²) in [6.45, 7) is 6.96. The fraction of sp³-hybridized carbons (Fsp3) is 0.909. The highest BCUT2D eigenvalue weighted by molar-refractivity contribution is 5.82. The number of nitrogens with zero attached hydrogens (tertiary/aromatic N) is 1. The number of nitrogens with two attached hydrogens (primary N) is 1. The Kier molecular flexibility index (Phi) is 3.93. The van der Waals surface area contributed by atoms with Crippen LogP contribution in [0.4, 0.5) is 0 Å². The van der Waals surface area contributed by atoms with Crippen LogP contribution in [0.1, 0.15) is 40.0 Å². The lowest BCUT2D eigenvalue weighted by atomic mass is 10.0. The first kappa shape index (κ1) is 11.5. The summed E-state index contributed by atoms with van der Waals surface area (Å²) in [6, 6.07) is 0.175. The average Bonchev–Trinajstić information content (AvgIpc) is 2.95. The maximum Gasteiger partial charge on any atom is 0.239 e. The molecule has 1 aliphatic carbocycles. The molecule has 0 aliphatic heterocycles. The van der Waals surface area contributed by atoms with Crippen LogP contribution in [0.15, 0.2) is 0 Å². The number of amides is 1. The Morgan fingerprint density at radius 1 is 1.50 bits per heavy atom. The molecule has 1 rings (SSSR count). The van der Waals surface area contributed by atoms with Crippen molar-refractivity contribution in [3.63, 3.8) is 0 Å². The van der Waals surface area contributed by atoms with E-state index in [0.29, 0.717) is 6.04 Å². The highest BCUT2D eigenvalue weighted by atomic mass is 16.2. The first-order valence-corrected chi connectivity index (χ1v) is 5.64. The molecule has 0 aromatic carbocycles. The van der Waals surface area contributed by atoms with Gasteiger partial charge in [0.25, 0.3) is 0 Å². The molecule has 82 valence electrons. The fourth-order valence-corrected chi connectivity index (χ4v) is 1.58. The third-order valence-corrected chi connectivity index (χ3v) is 2.74. The number of carbonyl (C=O) groups is 1. The summed E-state index contributed by atoms with van der Waals surface area (Å²) in [7, 11) is 0. The molecule has 0 bridgehead atoms. The fourth-order valence-electron chi connectivity index (χ4n) is 1.58. The van der Waals surface area contributed by atoms with Crippen molar-refractivity contribution >= 4 is 5.91 Å². The zero-order chi connectivity index (χ0) is 10.7. The van der Waals surface area contributed by atoms with Gasteiger partial charge >= 0.3 is 0 Å². The van der Waals surface area contributed by atoms with Crippen molar-refractivity contribution in [1.82, 2.24) is 4.90 Å². The van der Waals surface area contributed by atoms with Gasteiger partial charge in [-0.25, -0.2) is 0 Å². The van der Waals surface area contributed by atoms with Gasteiger partial charge in [-0.15, -0.1) is 0 Å². The van der Waals surface area contributed by atoms with Crippen LogP contribution in [0.3, 0.4) is 0 Å². The molecule has 3 nitrogen and oxygen atoms in total. The van der Waals surface area contributed by atoms with Crippen LogP contribution in [0.2, 0.25) is 0 Å². The van der Waals surface area contributed by atoms with Crippen molar-refractivity contribution < 1.29 is 4.79 Å². The molecule has 1 aliphatic rings. The zero-order valence-electron chi connectivity index (χ0n) is 9.49. The summed E-state index contributed by atoms with van der Waals surface area (Å²) < 4.78 is 0. The summed E-state index contributed by atoms with van der Waals surface area (Å²) in [5, 5.41) is 0. The van der Waals surface area contributed by atoms with E-state index in [-0.39, 0.29) is 17.9 Å². The van der Waals surface area contributed by atoms with Crippen LogP contribution >= 0.6 is 0 Å². The lowest BCUT2D eigenvalue weighted by Crippen LogP contribution is -2.47. The van der Waals surface area contributed by atoms with Crippen molar-refractivity contribution in [2.75, 3.05) is 6.54 Å². The van der Waals surface area contributed by atoms with Crippen LogP contribution < -0.4 is 5.73 Å². The second-order valence-corrected chi connectivity index (χ2v) is 4.53. The van der Waals surface area contributed by atoms with E-state index in [9.17, 15) is 4.79 Å². The summed E-state index contributed by atoms with van der Waals surface area (Å²) in [5.41, 5.74) is 5.87. The molecule has 0 spiro atoms. The predicted octanol–water partition coefficient (Wildman–Crippen LogP) is 1.37. The van der Waals surface area contributed by atoms with E-state index in [1.54, 1.807) is 0 Å². The van der Waals surface area contributed by atoms with Gasteiger partial charge in [-0.05, 0) is 25.2 Å². The van der Waals surface area contributed by atoms with Gasteiger partial charge < -0.3 is 10.6 Å². The van der Waals surface area contributed by atoms with Gasteiger partial charge in [0.05, 0.1) is 6.04 Å². The van der Waals surface area contributed by atoms with E-state index in [4.69, 9.17) is 5.73 Å². The normalized spacial score (nSPS) is 18.4. The Labute approximate surface area is 86.6 Å². The number of hydrogen-bond acceptors (Lipinski definition) is 2. The molecule has 1 amide bonds. The molecule has 0 heterocycles. The second kappa shape index (κ2) is 4.78. The molecule has 0 unspecified atom stereocenters. The van der Waals surface area contributed by atoms with Crippen molar-refractivity contribution in [2.45, 2.75) is 52.1 Å². The van der Waals surface area contributed by atoms with E-state index in [1.807, 2.05) is 18.7 Å². The molecule has 0 aromatic rings. The van der Waals surface area contributed by atoms with Crippen molar-refractivity contribution in [3.05, 3.63) is 0 Å². The minimum Gasteiger partial charge on any atom is -0.338 e. The van der Waals surface area contributed by atoms with Crippen molar-refractivity contribution in [3.8, 4) is 0 Å². The first-order valence-electron chi connectivity index (χ1n) is 5.64. The van der Waals surface area contributed by atoms with Crippen LogP contribution in [0.5, 0.6) is 0 Å². The minimum absolute atomic E-state index is 0.143. The van der Waals surface area contributed by atoms with Gasteiger partial charge in [0.15, 0.2) is 0 Å². The largest absolute Gasteiger partial charge is 0.338 e. The first-order chi connectivity index (χ1) is 6.57. The Hall–Kier alpha value is -0.570. The van der Waals surface area contributed by atoms with Crippen LogP contribution in [0.25, 0.3) is 0 Å². The van der Waals surface area contributed by atoms with E-state index in [0.717, 1.165) is 25.8 Å². The molecule has 2 N–H and O–H groups in total. The maximum atomic E-state index is 12.0. The maximum absolute atomic E-state index is 12.0. The van der Waals surface area contributed by atoms with Crippen molar-refractivity contribution in [1.29, 1.82) is 0 Å². The molecular formula is C11H22N2O. The predicted molar refractivity (Wildman–Crippen MR) is 57.8 cm³/mol. The van der Waals surface area contributed by atoms with Crippen molar-refractivity contribution in [2.24, 2.45) is 11.7 Å². The monoisotopic (exact) mass is 198 g/mol. The van der Waals surface area contributed by atoms with Gasteiger partial charge in [-0.3, -0.25) is 4.79 Å². The quantitative estimate of drug-likeness (QED) is 0.725. The zero-order valence-corrected chi connectivity index (χ0v) is 9.49. The third-order valence-electron chi connectivity index (χ3n) is 2.74. The number of rotatable bonds is 5. The molecule has 14 heavy (non-hydrogen) atoms. The summed E-state index contributed by atoms with van der Waals surface area (Å²) in [4.78, 5) is 13.9. The molecular weight excluding hydrogens is 176 g/mol. The minimum atomic E-state index is -0.317. The lowest BCUT2D eigenvalue weighted by molar-refractivity contribution is -0.134. The van der Waals surface area contributed by atoms with Crippen LogP contribution in [-0.2, 0) is 4.79 Å².